The van der Waals surface area contributed by atoms with Crippen LogP contribution in [-0.2, 0) is 16.0 Å². The van der Waals surface area contributed by atoms with Gasteiger partial charge in [-0.25, -0.2) is 0 Å². The molecular formula is C21H19N3O4. The van der Waals surface area contributed by atoms with E-state index >= 15 is 0 Å². The van der Waals surface area contributed by atoms with Crippen LogP contribution >= 0.6 is 0 Å². The number of imide groups is 2. The van der Waals surface area contributed by atoms with E-state index in [0.717, 1.165) is 17.0 Å². The molecule has 0 saturated carbocycles. The Morgan fingerprint density at radius 1 is 1.04 bits per heavy atom. The van der Waals surface area contributed by atoms with Crippen molar-refractivity contribution in [2.24, 2.45) is 0 Å². The summed E-state index contributed by atoms with van der Waals surface area (Å²) in [6, 6.07) is 11.8. The van der Waals surface area contributed by atoms with Gasteiger partial charge in [0.15, 0.2) is 0 Å². The summed E-state index contributed by atoms with van der Waals surface area (Å²) in [4.78, 5) is 50.4. The lowest BCUT2D eigenvalue weighted by Crippen LogP contribution is -2.54. The summed E-state index contributed by atoms with van der Waals surface area (Å²) in [5.41, 5.74) is 3.00. The zero-order valence-electron chi connectivity index (χ0n) is 15.3. The number of anilines is 2. The van der Waals surface area contributed by atoms with Crippen LogP contribution < -0.4 is 10.6 Å². The lowest BCUT2D eigenvalue weighted by molar-refractivity contribution is -0.136. The maximum absolute atomic E-state index is 13.0. The lowest BCUT2D eigenvalue weighted by Gasteiger charge is -2.27. The molecule has 4 amide bonds. The van der Waals surface area contributed by atoms with Gasteiger partial charge in [-0.15, -0.1) is 0 Å². The molecule has 1 atom stereocenters. The molecule has 0 aliphatic carbocycles. The molecule has 142 valence electrons. The molecule has 0 radical (unpaired) electrons. The molecule has 4 rings (SSSR count). The van der Waals surface area contributed by atoms with Crippen LogP contribution in [0.2, 0.25) is 0 Å². The largest absolute Gasteiger partial charge is 0.355 e. The van der Waals surface area contributed by atoms with Crippen molar-refractivity contribution in [3.63, 3.8) is 0 Å². The quantitative estimate of drug-likeness (QED) is 0.798. The third-order valence-electron chi connectivity index (χ3n) is 5.11. The van der Waals surface area contributed by atoms with Crippen molar-refractivity contribution in [2.75, 3.05) is 5.32 Å². The van der Waals surface area contributed by atoms with Gasteiger partial charge < -0.3 is 5.32 Å². The van der Waals surface area contributed by atoms with Gasteiger partial charge in [-0.05, 0) is 42.7 Å². The maximum atomic E-state index is 13.0. The van der Waals surface area contributed by atoms with E-state index in [-0.39, 0.29) is 24.0 Å². The van der Waals surface area contributed by atoms with Crippen LogP contribution in [0.4, 0.5) is 11.4 Å². The molecule has 0 bridgehead atoms. The average molecular weight is 377 g/mol. The molecule has 0 spiro atoms. The Kier molecular flexibility index (Phi) is 4.43. The number of hydrogen-bond acceptors (Lipinski definition) is 5. The number of rotatable bonds is 4. The van der Waals surface area contributed by atoms with Gasteiger partial charge in [0.05, 0.1) is 16.8 Å². The minimum Gasteiger partial charge on any atom is -0.355 e. The van der Waals surface area contributed by atoms with Gasteiger partial charge in [0, 0.05) is 12.1 Å². The molecule has 7 heteroatoms. The predicted octanol–water partition coefficient (Wildman–Crippen LogP) is 2.39. The van der Waals surface area contributed by atoms with Gasteiger partial charge in [0.2, 0.25) is 11.8 Å². The van der Waals surface area contributed by atoms with Crippen molar-refractivity contribution in [1.82, 2.24) is 10.2 Å². The van der Waals surface area contributed by atoms with E-state index in [0.29, 0.717) is 5.69 Å². The summed E-state index contributed by atoms with van der Waals surface area (Å²) >= 11 is 0. The summed E-state index contributed by atoms with van der Waals surface area (Å²) in [6.45, 7) is 2.07. The number of carbonyl (C=O) groups excluding carboxylic acids is 4. The van der Waals surface area contributed by atoms with Gasteiger partial charge in [-0.3, -0.25) is 29.4 Å². The third kappa shape index (κ3) is 2.94. The van der Waals surface area contributed by atoms with E-state index in [1.54, 1.807) is 18.2 Å². The molecule has 2 heterocycles. The number of hydrogen-bond donors (Lipinski definition) is 2. The molecule has 0 aromatic heterocycles. The minimum atomic E-state index is -0.971. The van der Waals surface area contributed by atoms with Crippen molar-refractivity contribution in [3.05, 3.63) is 59.2 Å². The monoisotopic (exact) mass is 377 g/mol. The Balaban J connectivity index is 1.65. The van der Waals surface area contributed by atoms with Gasteiger partial charge in [0.1, 0.15) is 6.04 Å². The second kappa shape index (κ2) is 6.92. The van der Waals surface area contributed by atoms with E-state index in [1.165, 1.54) is 5.56 Å². The lowest BCUT2D eigenvalue weighted by atomic mass is 10.0. The Bertz CT molecular complexity index is 997. The fourth-order valence-electron chi connectivity index (χ4n) is 3.60. The first kappa shape index (κ1) is 17.9. The molecule has 2 N–H and O–H groups in total. The van der Waals surface area contributed by atoms with Crippen molar-refractivity contribution in [1.29, 1.82) is 0 Å². The van der Waals surface area contributed by atoms with Crippen molar-refractivity contribution < 1.29 is 19.2 Å². The number of aryl methyl sites for hydroxylation is 1. The summed E-state index contributed by atoms with van der Waals surface area (Å²) in [6.07, 6.45) is 1.16. The number of amides is 4. The predicted molar refractivity (Wildman–Crippen MR) is 102 cm³/mol. The molecule has 1 fully saturated rings. The van der Waals surface area contributed by atoms with Crippen LogP contribution in [0.3, 0.4) is 0 Å². The van der Waals surface area contributed by atoms with Crippen LogP contribution in [0.15, 0.2) is 42.5 Å². The third-order valence-corrected chi connectivity index (χ3v) is 5.11. The summed E-state index contributed by atoms with van der Waals surface area (Å²) < 4.78 is 0. The zero-order valence-corrected chi connectivity index (χ0v) is 15.3. The molecule has 2 aliphatic rings. The first-order valence-corrected chi connectivity index (χ1v) is 9.20. The highest BCUT2D eigenvalue weighted by Gasteiger charge is 2.45. The van der Waals surface area contributed by atoms with Crippen LogP contribution in [0, 0.1) is 0 Å². The highest BCUT2D eigenvalue weighted by atomic mass is 16.2. The topological polar surface area (TPSA) is 95.6 Å². The normalized spacial score (nSPS) is 18.9. The SMILES string of the molecule is CCc1ccc(Nc2cccc3c2C(=O)N(C2CCC(=O)NC2=O)C3=O)cc1. The summed E-state index contributed by atoms with van der Waals surface area (Å²) in [5.74, 6) is -2.05. The van der Waals surface area contributed by atoms with E-state index < -0.39 is 29.7 Å². The first-order valence-electron chi connectivity index (χ1n) is 9.20. The Hall–Kier alpha value is -3.48. The second-order valence-corrected chi connectivity index (χ2v) is 6.85. The molecule has 1 unspecified atom stereocenters. The van der Waals surface area contributed by atoms with E-state index in [1.807, 2.05) is 24.3 Å². The standard InChI is InChI=1S/C21H19N3O4/c1-2-12-6-8-13(9-7-12)22-15-5-3-4-14-18(15)21(28)24(20(14)27)16-10-11-17(25)23-19(16)26/h3-9,16,22H,2,10-11H2,1H3,(H,23,25,26). The first-order chi connectivity index (χ1) is 13.5. The second-order valence-electron chi connectivity index (χ2n) is 6.85. The van der Waals surface area contributed by atoms with E-state index in [2.05, 4.69) is 17.6 Å². The zero-order chi connectivity index (χ0) is 19.8. The molecule has 2 aromatic carbocycles. The number of nitrogens with zero attached hydrogens (tertiary/aromatic N) is 1. The van der Waals surface area contributed by atoms with Crippen molar-refractivity contribution >= 4 is 35.0 Å². The minimum absolute atomic E-state index is 0.0959. The van der Waals surface area contributed by atoms with Crippen LogP contribution in [0.1, 0.15) is 46.0 Å². The molecule has 1 saturated heterocycles. The maximum Gasteiger partial charge on any atom is 0.264 e. The van der Waals surface area contributed by atoms with Crippen LogP contribution in [-0.4, -0.2) is 34.6 Å². The van der Waals surface area contributed by atoms with Gasteiger partial charge in [-0.2, -0.15) is 0 Å². The number of piperidine rings is 1. The Morgan fingerprint density at radius 3 is 2.46 bits per heavy atom. The molecule has 28 heavy (non-hydrogen) atoms. The molecule has 2 aromatic rings. The van der Waals surface area contributed by atoms with Crippen LogP contribution in [0.25, 0.3) is 0 Å². The Morgan fingerprint density at radius 2 is 1.79 bits per heavy atom. The molecule has 7 nitrogen and oxygen atoms in total. The van der Waals surface area contributed by atoms with Gasteiger partial charge >= 0.3 is 0 Å². The number of benzene rings is 2. The number of carbonyl (C=O) groups is 4. The van der Waals surface area contributed by atoms with Gasteiger partial charge in [0.25, 0.3) is 11.8 Å². The van der Waals surface area contributed by atoms with E-state index in [9.17, 15) is 19.2 Å². The van der Waals surface area contributed by atoms with E-state index in [4.69, 9.17) is 0 Å². The Labute approximate surface area is 161 Å². The van der Waals surface area contributed by atoms with Gasteiger partial charge in [-0.1, -0.05) is 25.1 Å². The molecular weight excluding hydrogens is 358 g/mol. The van der Waals surface area contributed by atoms with Crippen molar-refractivity contribution in [3.8, 4) is 0 Å². The highest BCUT2D eigenvalue weighted by Crippen LogP contribution is 2.33. The molecule has 2 aliphatic heterocycles. The summed E-state index contributed by atoms with van der Waals surface area (Å²) in [7, 11) is 0. The fourth-order valence-corrected chi connectivity index (χ4v) is 3.60. The average Bonchev–Trinajstić information content (AvgIpc) is 2.94. The number of nitrogens with one attached hydrogen (secondary N) is 2. The summed E-state index contributed by atoms with van der Waals surface area (Å²) in [5, 5.41) is 5.39. The number of fused-ring (bicyclic) bond motifs is 1. The smallest absolute Gasteiger partial charge is 0.264 e. The highest BCUT2D eigenvalue weighted by molar-refractivity contribution is 6.25. The van der Waals surface area contributed by atoms with Crippen molar-refractivity contribution in [2.45, 2.75) is 32.2 Å². The fraction of sp³-hybridized carbons (Fsp3) is 0.238. The van der Waals surface area contributed by atoms with Crippen LogP contribution in [0.5, 0.6) is 0 Å².